The minimum atomic E-state index is -5.08. The lowest BCUT2D eigenvalue weighted by Crippen LogP contribution is -2.53. The predicted molar refractivity (Wildman–Crippen MR) is 121 cm³/mol. The van der Waals surface area contributed by atoms with E-state index in [1.807, 2.05) is 28.0 Å². The zero-order valence-corrected chi connectivity index (χ0v) is 20.1. The lowest BCUT2D eigenvalue weighted by atomic mass is 9.73. The number of anilines is 1. The van der Waals surface area contributed by atoms with E-state index in [4.69, 9.17) is 19.4 Å². The number of amides is 2. The molecule has 4 heterocycles. The number of likely N-dealkylation sites (tertiary alicyclic amines) is 1. The second-order valence-corrected chi connectivity index (χ2v) is 9.01. The van der Waals surface area contributed by atoms with E-state index in [2.05, 4.69) is 9.88 Å². The fraction of sp³-hybridized carbons (Fsp3) is 0.652. The van der Waals surface area contributed by atoms with Crippen molar-refractivity contribution in [3.8, 4) is 0 Å². The minimum Gasteiger partial charge on any atom is -0.475 e. The van der Waals surface area contributed by atoms with E-state index in [0.29, 0.717) is 45.9 Å². The summed E-state index contributed by atoms with van der Waals surface area (Å²) in [6.45, 7) is 5.19. The molecule has 4 rings (SSSR count). The summed E-state index contributed by atoms with van der Waals surface area (Å²) in [7, 11) is 1.54. The Bertz CT molecular complexity index is 913. The van der Waals surface area contributed by atoms with E-state index in [9.17, 15) is 22.8 Å². The molecule has 3 saturated heterocycles. The maximum Gasteiger partial charge on any atom is 0.490 e. The third-order valence-corrected chi connectivity index (χ3v) is 6.75. The van der Waals surface area contributed by atoms with Gasteiger partial charge in [0.1, 0.15) is 12.4 Å². The van der Waals surface area contributed by atoms with Gasteiger partial charge in [0.05, 0.1) is 18.6 Å². The molecule has 1 aromatic rings. The minimum absolute atomic E-state index is 0.00147. The summed E-state index contributed by atoms with van der Waals surface area (Å²) < 4.78 is 42.3. The van der Waals surface area contributed by atoms with Crippen molar-refractivity contribution in [2.45, 2.75) is 19.0 Å². The van der Waals surface area contributed by atoms with Gasteiger partial charge in [-0.15, -0.1) is 0 Å². The van der Waals surface area contributed by atoms with E-state index in [0.717, 1.165) is 25.2 Å². The van der Waals surface area contributed by atoms with Gasteiger partial charge in [-0.1, -0.05) is 6.07 Å². The first-order valence-electron chi connectivity index (χ1n) is 11.7. The van der Waals surface area contributed by atoms with Gasteiger partial charge in [0, 0.05) is 58.5 Å². The van der Waals surface area contributed by atoms with Crippen molar-refractivity contribution < 1.29 is 42.1 Å². The van der Waals surface area contributed by atoms with Crippen LogP contribution in [0.4, 0.5) is 19.0 Å². The average Bonchev–Trinajstić information content (AvgIpc) is 3.13. The van der Waals surface area contributed by atoms with E-state index in [1.54, 1.807) is 13.3 Å². The molecule has 36 heavy (non-hydrogen) atoms. The number of hydrogen-bond donors (Lipinski definition) is 1. The van der Waals surface area contributed by atoms with Gasteiger partial charge in [-0.05, 0) is 25.0 Å². The first-order chi connectivity index (χ1) is 17.1. The number of hydrogen-bond acceptors (Lipinski definition) is 7. The quantitative estimate of drug-likeness (QED) is 0.637. The second-order valence-electron chi connectivity index (χ2n) is 9.01. The number of pyridine rings is 1. The van der Waals surface area contributed by atoms with Gasteiger partial charge in [0.15, 0.2) is 0 Å². The summed E-state index contributed by atoms with van der Waals surface area (Å²) in [5.41, 5.74) is -0.489. The van der Waals surface area contributed by atoms with Crippen LogP contribution in [0.5, 0.6) is 0 Å². The smallest absolute Gasteiger partial charge is 0.475 e. The summed E-state index contributed by atoms with van der Waals surface area (Å²) in [6.07, 6.45) is -1.69. The highest BCUT2D eigenvalue weighted by Gasteiger charge is 2.55. The normalized spacial score (nSPS) is 24.3. The highest BCUT2D eigenvalue weighted by Crippen LogP contribution is 2.45. The van der Waals surface area contributed by atoms with Crippen LogP contribution in [0.15, 0.2) is 24.4 Å². The van der Waals surface area contributed by atoms with E-state index in [1.165, 1.54) is 0 Å². The van der Waals surface area contributed by atoms with Crippen molar-refractivity contribution in [1.29, 1.82) is 0 Å². The van der Waals surface area contributed by atoms with E-state index in [-0.39, 0.29) is 24.3 Å². The van der Waals surface area contributed by atoms with Gasteiger partial charge in [-0.2, -0.15) is 13.2 Å². The fourth-order valence-electron chi connectivity index (χ4n) is 5.02. The number of methoxy groups -OCH3 is 1. The Morgan fingerprint density at radius 2 is 1.86 bits per heavy atom. The van der Waals surface area contributed by atoms with E-state index < -0.39 is 17.6 Å². The Kier molecular flexibility index (Phi) is 9.12. The first kappa shape index (κ1) is 27.7. The highest BCUT2D eigenvalue weighted by atomic mass is 19.4. The van der Waals surface area contributed by atoms with Crippen LogP contribution in [0.3, 0.4) is 0 Å². The molecule has 3 fully saturated rings. The Labute approximate surface area is 206 Å². The van der Waals surface area contributed by atoms with Gasteiger partial charge in [0.2, 0.25) is 11.8 Å². The third-order valence-electron chi connectivity index (χ3n) is 6.75. The van der Waals surface area contributed by atoms with Crippen LogP contribution in [0.25, 0.3) is 0 Å². The maximum atomic E-state index is 13.8. The fourth-order valence-corrected chi connectivity index (χ4v) is 5.02. The van der Waals surface area contributed by atoms with Gasteiger partial charge in [-0.25, -0.2) is 9.78 Å². The molecule has 200 valence electrons. The second kappa shape index (κ2) is 11.9. The van der Waals surface area contributed by atoms with Crippen molar-refractivity contribution >= 4 is 23.6 Å². The van der Waals surface area contributed by atoms with Crippen molar-refractivity contribution in [2.24, 2.45) is 11.3 Å². The van der Waals surface area contributed by atoms with Gasteiger partial charge < -0.3 is 29.3 Å². The number of fused-ring (bicyclic) bond motifs is 1. The standard InChI is InChI=1S/C21H30N4O4.C2HF3O2/c1-28-15-19(26)24-8-4-6-21(20(27)23-9-11-29-12-10-23)16-25(14-17(21)13-24)18-5-2-3-7-22-18;3-2(4,5)1(6)7/h2-3,5,7,17H,4,6,8-16H2,1H3;(H,6,7)/t17-,21-;/m0./s1. The molecule has 0 radical (unpaired) electrons. The number of carbonyl (C=O) groups is 3. The first-order valence-corrected chi connectivity index (χ1v) is 11.7. The molecule has 13 heteroatoms. The number of carboxylic acid groups (broad SMARTS) is 1. The number of rotatable bonds is 4. The van der Waals surface area contributed by atoms with Crippen LogP contribution in [0.1, 0.15) is 12.8 Å². The van der Waals surface area contributed by atoms with Crippen molar-refractivity contribution in [3.05, 3.63) is 24.4 Å². The van der Waals surface area contributed by atoms with Crippen LogP contribution in [-0.4, -0.2) is 110 Å². The number of alkyl halides is 3. The van der Waals surface area contributed by atoms with Crippen LogP contribution >= 0.6 is 0 Å². The molecule has 0 aliphatic carbocycles. The number of carbonyl (C=O) groups excluding carboxylic acids is 2. The Balaban J connectivity index is 0.000000454. The molecule has 3 aliphatic rings. The molecule has 2 amide bonds. The Hall–Kier alpha value is -2.93. The zero-order valence-electron chi connectivity index (χ0n) is 20.1. The highest BCUT2D eigenvalue weighted by molar-refractivity contribution is 5.85. The largest absolute Gasteiger partial charge is 0.490 e. The molecule has 0 bridgehead atoms. The van der Waals surface area contributed by atoms with Gasteiger partial charge in [-0.3, -0.25) is 9.59 Å². The monoisotopic (exact) mass is 516 g/mol. The third kappa shape index (κ3) is 6.44. The summed E-state index contributed by atoms with van der Waals surface area (Å²) in [6, 6.07) is 5.87. The Morgan fingerprint density at radius 3 is 2.44 bits per heavy atom. The van der Waals surface area contributed by atoms with Crippen molar-refractivity contribution in [1.82, 2.24) is 14.8 Å². The van der Waals surface area contributed by atoms with Crippen molar-refractivity contribution in [2.75, 3.05) is 71.1 Å². The Morgan fingerprint density at radius 1 is 1.17 bits per heavy atom. The molecule has 1 aromatic heterocycles. The summed E-state index contributed by atoms with van der Waals surface area (Å²) in [4.78, 5) is 45.8. The van der Waals surface area contributed by atoms with Crippen LogP contribution in [0.2, 0.25) is 0 Å². The molecule has 0 aromatic carbocycles. The molecular formula is C23H31F3N4O6. The topological polar surface area (TPSA) is 113 Å². The van der Waals surface area contributed by atoms with Crippen molar-refractivity contribution in [3.63, 3.8) is 0 Å². The molecule has 1 N–H and O–H groups in total. The maximum absolute atomic E-state index is 13.8. The number of halogens is 3. The molecular weight excluding hydrogens is 485 g/mol. The SMILES string of the molecule is COCC(=O)N1CCC[C@]2(C(=O)N3CCOCC3)CN(c3ccccn3)C[C@@H]2C1.O=C(O)C(F)(F)F. The number of carboxylic acids is 1. The summed E-state index contributed by atoms with van der Waals surface area (Å²) in [5.74, 6) is -1.58. The predicted octanol–water partition coefficient (Wildman–Crippen LogP) is 1.27. The van der Waals surface area contributed by atoms with Crippen LogP contribution in [0, 0.1) is 11.3 Å². The van der Waals surface area contributed by atoms with E-state index >= 15 is 0 Å². The average molecular weight is 517 g/mol. The lowest BCUT2D eigenvalue weighted by molar-refractivity contribution is -0.192. The summed E-state index contributed by atoms with van der Waals surface area (Å²) in [5, 5.41) is 7.12. The number of ether oxygens (including phenoxy) is 2. The molecule has 2 atom stereocenters. The number of aliphatic carboxylic acids is 1. The molecule has 0 unspecified atom stereocenters. The zero-order chi connectivity index (χ0) is 26.3. The van der Waals surface area contributed by atoms with Gasteiger partial charge >= 0.3 is 12.1 Å². The molecule has 0 saturated carbocycles. The van der Waals surface area contributed by atoms with Crippen LogP contribution in [-0.2, 0) is 23.9 Å². The number of aromatic nitrogens is 1. The molecule has 0 spiro atoms. The molecule has 3 aliphatic heterocycles. The number of nitrogens with zero attached hydrogens (tertiary/aromatic N) is 4. The lowest BCUT2D eigenvalue weighted by Gasteiger charge is -2.38. The molecule has 10 nitrogen and oxygen atoms in total. The number of morpholine rings is 1. The van der Waals surface area contributed by atoms with Crippen LogP contribution < -0.4 is 4.90 Å². The summed E-state index contributed by atoms with van der Waals surface area (Å²) >= 11 is 0. The van der Waals surface area contributed by atoms with Gasteiger partial charge in [0.25, 0.3) is 0 Å².